The van der Waals surface area contributed by atoms with E-state index in [4.69, 9.17) is 5.26 Å². The molecule has 0 radical (unpaired) electrons. The van der Waals surface area contributed by atoms with Crippen LogP contribution < -0.4 is 0 Å². The minimum atomic E-state index is -0.443. The van der Waals surface area contributed by atoms with Crippen LogP contribution in [-0.4, -0.2) is 4.92 Å². The number of hydrogen-bond acceptors (Lipinski definition) is 3. The van der Waals surface area contributed by atoms with Crippen molar-refractivity contribution >= 4 is 21.6 Å². The van der Waals surface area contributed by atoms with Crippen LogP contribution >= 0.6 is 15.9 Å². The van der Waals surface area contributed by atoms with Crippen LogP contribution in [0.25, 0.3) is 0 Å². The molecule has 0 aliphatic heterocycles. The van der Waals surface area contributed by atoms with Crippen LogP contribution in [0.5, 0.6) is 0 Å². The Labute approximate surface area is 89.4 Å². The quantitative estimate of drug-likeness (QED) is 0.602. The Morgan fingerprint density at radius 2 is 2.29 bits per heavy atom. The summed E-state index contributed by atoms with van der Waals surface area (Å²) in [6, 6.07) is 5.11. The predicted octanol–water partition coefficient (Wildman–Crippen LogP) is 2.73. The van der Waals surface area contributed by atoms with Crippen LogP contribution in [0.15, 0.2) is 16.6 Å². The Morgan fingerprint density at radius 1 is 1.64 bits per heavy atom. The van der Waals surface area contributed by atoms with Crippen molar-refractivity contribution in [1.82, 2.24) is 0 Å². The van der Waals surface area contributed by atoms with Crippen LogP contribution in [0.2, 0.25) is 0 Å². The van der Waals surface area contributed by atoms with E-state index in [1.54, 1.807) is 13.0 Å². The summed E-state index contributed by atoms with van der Waals surface area (Å²) >= 11 is 3.22. The first-order chi connectivity index (χ1) is 6.56. The second-order valence-corrected chi connectivity index (χ2v) is 3.67. The van der Waals surface area contributed by atoms with Crippen molar-refractivity contribution < 1.29 is 4.92 Å². The summed E-state index contributed by atoms with van der Waals surface area (Å²) in [5.41, 5.74) is 1.28. The summed E-state index contributed by atoms with van der Waals surface area (Å²) in [5.74, 6) is 0. The van der Waals surface area contributed by atoms with Gasteiger partial charge < -0.3 is 0 Å². The second kappa shape index (κ2) is 4.20. The molecule has 0 saturated heterocycles. The fraction of sp³-hybridized carbons (Fsp3) is 0.222. The lowest BCUT2D eigenvalue weighted by atomic mass is 10.1. The van der Waals surface area contributed by atoms with Gasteiger partial charge in [-0.15, -0.1) is 0 Å². The molecule has 0 aliphatic carbocycles. The lowest BCUT2D eigenvalue weighted by molar-refractivity contribution is -0.385. The first kappa shape index (κ1) is 10.7. The van der Waals surface area contributed by atoms with Crippen LogP contribution in [0.1, 0.15) is 11.1 Å². The number of rotatable bonds is 2. The van der Waals surface area contributed by atoms with Gasteiger partial charge in [-0.05, 0) is 18.6 Å². The van der Waals surface area contributed by atoms with Gasteiger partial charge in [0.1, 0.15) is 0 Å². The van der Waals surface area contributed by atoms with Gasteiger partial charge in [-0.2, -0.15) is 5.26 Å². The average Bonchev–Trinajstić information content (AvgIpc) is 2.11. The Kier molecular flexibility index (Phi) is 3.20. The molecule has 4 nitrogen and oxygen atoms in total. The van der Waals surface area contributed by atoms with Gasteiger partial charge >= 0.3 is 0 Å². The number of nitriles is 1. The van der Waals surface area contributed by atoms with E-state index >= 15 is 0 Å². The van der Waals surface area contributed by atoms with Crippen molar-refractivity contribution in [2.45, 2.75) is 13.3 Å². The van der Waals surface area contributed by atoms with Gasteiger partial charge in [0.05, 0.1) is 17.4 Å². The van der Waals surface area contributed by atoms with Crippen LogP contribution in [0.3, 0.4) is 0 Å². The Morgan fingerprint density at radius 3 is 2.79 bits per heavy atom. The zero-order valence-corrected chi connectivity index (χ0v) is 9.04. The second-order valence-electron chi connectivity index (χ2n) is 2.81. The molecule has 1 aromatic carbocycles. The summed E-state index contributed by atoms with van der Waals surface area (Å²) in [6.45, 7) is 1.67. The van der Waals surface area contributed by atoms with Crippen molar-refractivity contribution in [2.75, 3.05) is 0 Å². The smallest absolute Gasteiger partial charge is 0.258 e. The van der Waals surface area contributed by atoms with Crippen molar-refractivity contribution in [1.29, 1.82) is 5.26 Å². The molecule has 0 saturated carbocycles. The molecule has 0 fully saturated rings. The third kappa shape index (κ3) is 2.09. The van der Waals surface area contributed by atoms with E-state index in [0.29, 0.717) is 15.6 Å². The fourth-order valence-corrected chi connectivity index (χ4v) is 1.60. The van der Waals surface area contributed by atoms with E-state index in [1.165, 1.54) is 6.07 Å². The minimum absolute atomic E-state index is 0.0459. The molecule has 0 aromatic heterocycles. The Balaban J connectivity index is 3.29. The highest BCUT2D eigenvalue weighted by molar-refractivity contribution is 9.10. The van der Waals surface area contributed by atoms with Crippen molar-refractivity contribution in [2.24, 2.45) is 0 Å². The lowest BCUT2D eigenvalue weighted by Gasteiger charge is -2.02. The summed E-state index contributed by atoms with van der Waals surface area (Å²) in [7, 11) is 0. The highest BCUT2D eigenvalue weighted by Crippen LogP contribution is 2.27. The number of nitrogens with zero attached hydrogens (tertiary/aromatic N) is 2. The molecular weight excluding hydrogens is 248 g/mol. The average molecular weight is 255 g/mol. The molecule has 1 aromatic rings. The molecule has 72 valence electrons. The monoisotopic (exact) mass is 254 g/mol. The van der Waals surface area contributed by atoms with Crippen LogP contribution in [0, 0.1) is 28.4 Å². The molecular formula is C9H7BrN2O2. The third-order valence-corrected chi connectivity index (χ3v) is 2.68. The van der Waals surface area contributed by atoms with Gasteiger partial charge in [-0.1, -0.05) is 15.9 Å². The topological polar surface area (TPSA) is 66.9 Å². The summed E-state index contributed by atoms with van der Waals surface area (Å²) < 4.78 is 0.664. The van der Waals surface area contributed by atoms with Gasteiger partial charge in [-0.25, -0.2) is 0 Å². The standard InChI is InChI=1S/C9H7BrN2O2/c1-6-8(10)4-7(2-3-11)5-9(6)12(13)14/h4-5H,2H2,1H3. The van der Waals surface area contributed by atoms with Gasteiger partial charge in [0.2, 0.25) is 0 Å². The summed E-state index contributed by atoms with van der Waals surface area (Å²) in [5, 5.41) is 19.1. The van der Waals surface area contributed by atoms with Gasteiger partial charge in [0.15, 0.2) is 0 Å². The number of benzene rings is 1. The SMILES string of the molecule is Cc1c(Br)cc(CC#N)cc1[N+](=O)[O-]. The summed E-state index contributed by atoms with van der Waals surface area (Å²) in [4.78, 5) is 10.2. The molecule has 0 atom stereocenters. The van der Waals surface area contributed by atoms with Gasteiger partial charge in [-0.3, -0.25) is 10.1 Å². The number of halogens is 1. The molecule has 5 heteroatoms. The molecule has 0 heterocycles. The molecule has 0 bridgehead atoms. The summed E-state index contributed by atoms with van der Waals surface area (Å²) in [6.07, 6.45) is 0.180. The van der Waals surface area contributed by atoms with Crippen LogP contribution in [0.4, 0.5) is 5.69 Å². The van der Waals surface area contributed by atoms with Crippen molar-refractivity contribution in [3.63, 3.8) is 0 Å². The van der Waals surface area contributed by atoms with E-state index in [2.05, 4.69) is 15.9 Å². The van der Waals surface area contributed by atoms with E-state index in [-0.39, 0.29) is 12.1 Å². The third-order valence-electron chi connectivity index (χ3n) is 1.86. The largest absolute Gasteiger partial charge is 0.273 e. The van der Waals surface area contributed by atoms with E-state index in [9.17, 15) is 10.1 Å². The first-order valence-electron chi connectivity index (χ1n) is 3.86. The highest BCUT2D eigenvalue weighted by Gasteiger charge is 2.14. The Bertz CT molecular complexity index is 424. The first-order valence-corrected chi connectivity index (χ1v) is 4.66. The molecule has 0 N–H and O–H groups in total. The Hall–Kier alpha value is -1.41. The zero-order chi connectivity index (χ0) is 10.7. The lowest BCUT2D eigenvalue weighted by Crippen LogP contribution is -1.94. The maximum absolute atomic E-state index is 10.6. The minimum Gasteiger partial charge on any atom is -0.258 e. The van der Waals surface area contributed by atoms with Crippen molar-refractivity contribution in [3.05, 3.63) is 37.8 Å². The zero-order valence-electron chi connectivity index (χ0n) is 7.45. The number of hydrogen-bond donors (Lipinski definition) is 0. The fourth-order valence-electron chi connectivity index (χ4n) is 1.10. The van der Waals surface area contributed by atoms with Crippen LogP contribution in [-0.2, 0) is 6.42 Å². The van der Waals surface area contributed by atoms with E-state index < -0.39 is 4.92 Å². The number of nitro benzene ring substituents is 1. The highest BCUT2D eigenvalue weighted by atomic mass is 79.9. The molecule has 0 spiro atoms. The van der Waals surface area contributed by atoms with E-state index in [0.717, 1.165) is 0 Å². The molecule has 0 aliphatic rings. The van der Waals surface area contributed by atoms with Gasteiger partial charge in [0, 0.05) is 16.1 Å². The predicted molar refractivity (Wildman–Crippen MR) is 54.9 cm³/mol. The number of nitro groups is 1. The molecule has 0 unspecified atom stereocenters. The van der Waals surface area contributed by atoms with Gasteiger partial charge in [0.25, 0.3) is 5.69 Å². The van der Waals surface area contributed by atoms with Crippen molar-refractivity contribution in [3.8, 4) is 6.07 Å². The maximum atomic E-state index is 10.6. The molecule has 14 heavy (non-hydrogen) atoms. The maximum Gasteiger partial charge on any atom is 0.273 e. The van der Waals surface area contributed by atoms with E-state index in [1.807, 2.05) is 6.07 Å². The molecule has 1 rings (SSSR count). The molecule has 0 amide bonds. The normalized spacial score (nSPS) is 9.50.